The Bertz CT molecular complexity index is 1180. The van der Waals surface area contributed by atoms with Crippen LogP contribution in [0.3, 0.4) is 0 Å². The van der Waals surface area contributed by atoms with E-state index in [1.54, 1.807) is 12.4 Å². The molecule has 0 aliphatic carbocycles. The van der Waals surface area contributed by atoms with E-state index in [1.807, 2.05) is 82.0 Å². The summed E-state index contributed by atoms with van der Waals surface area (Å²) >= 11 is 0. The van der Waals surface area contributed by atoms with E-state index in [0.29, 0.717) is 12.1 Å². The number of carbonyl (C=O) groups excluding carboxylic acids is 1. The maximum Gasteiger partial charge on any atom is 0.254 e. The van der Waals surface area contributed by atoms with Gasteiger partial charge in [-0.25, -0.2) is 9.97 Å². The number of amides is 1. The van der Waals surface area contributed by atoms with E-state index < -0.39 is 0 Å². The maximum absolute atomic E-state index is 13.3. The molecule has 0 saturated carbocycles. The lowest BCUT2D eigenvalue weighted by Gasteiger charge is -2.25. The molecule has 1 atom stereocenters. The second-order valence-electron chi connectivity index (χ2n) is 7.82. The van der Waals surface area contributed by atoms with Crippen molar-refractivity contribution in [2.45, 2.75) is 32.4 Å². The number of carbonyl (C=O) groups is 1. The Balaban J connectivity index is 1.35. The molecule has 0 N–H and O–H groups in total. The van der Waals surface area contributed by atoms with Crippen molar-refractivity contribution >= 4 is 5.91 Å². The first kappa shape index (κ1) is 19.2. The van der Waals surface area contributed by atoms with E-state index in [1.165, 1.54) is 0 Å². The Morgan fingerprint density at radius 3 is 2.68 bits per heavy atom. The highest BCUT2D eigenvalue weighted by atomic mass is 16.2. The summed E-state index contributed by atoms with van der Waals surface area (Å²) in [6.07, 6.45) is 9.27. The van der Waals surface area contributed by atoms with Gasteiger partial charge in [-0.05, 0) is 55.7 Å². The molecule has 1 aliphatic rings. The maximum atomic E-state index is 13.3. The summed E-state index contributed by atoms with van der Waals surface area (Å²) in [6.45, 7) is 3.39. The lowest BCUT2D eigenvalue weighted by atomic mass is 10.1. The average molecular weight is 412 g/mol. The van der Waals surface area contributed by atoms with Crippen molar-refractivity contribution in [3.05, 3.63) is 96.0 Å². The van der Waals surface area contributed by atoms with Crippen molar-refractivity contribution in [3.63, 3.8) is 0 Å². The van der Waals surface area contributed by atoms with Crippen molar-refractivity contribution in [1.29, 1.82) is 0 Å². The SMILES string of the molecule is Cc1nccn1-c1cccc(C2CCCN2C(=O)c2ccc(Cn3cccn3)cc2)n1. The monoisotopic (exact) mass is 412 g/mol. The van der Waals surface area contributed by atoms with Crippen molar-refractivity contribution < 1.29 is 4.79 Å². The third kappa shape index (κ3) is 3.86. The zero-order valence-electron chi connectivity index (χ0n) is 17.4. The zero-order chi connectivity index (χ0) is 21.2. The first-order valence-electron chi connectivity index (χ1n) is 10.5. The quantitative estimate of drug-likeness (QED) is 0.500. The van der Waals surface area contributed by atoms with Gasteiger partial charge in [0.05, 0.1) is 18.3 Å². The smallest absolute Gasteiger partial charge is 0.254 e. The molecule has 156 valence electrons. The molecule has 5 rings (SSSR count). The average Bonchev–Trinajstić information content (AvgIpc) is 3.56. The predicted octanol–water partition coefficient (Wildman–Crippen LogP) is 3.80. The molecule has 1 fully saturated rings. The second kappa shape index (κ2) is 8.18. The molecule has 1 aliphatic heterocycles. The second-order valence-corrected chi connectivity index (χ2v) is 7.82. The molecule has 1 saturated heterocycles. The number of benzene rings is 1. The van der Waals surface area contributed by atoms with Crippen LogP contribution in [0.5, 0.6) is 0 Å². The highest BCUT2D eigenvalue weighted by Gasteiger charge is 2.31. The Morgan fingerprint density at radius 1 is 1.06 bits per heavy atom. The normalized spacial score (nSPS) is 16.0. The molecule has 0 radical (unpaired) electrons. The number of nitrogens with zero attached hydrogens (tertiary/aromatic N) is 6. The summed E-state index contributed by atoms with van der Waals surface area (Å²) in [5.41, 5.74) is 2.74. The Morgan fingerprint density at radius 2 is 1.94 bits per heavy atom. The molecular weight excluding hydrogens is 388 g/mol. The molecule has 3 aromatic heterocycles. The molecule has 1 aromatic carbocycles. The Kier molecular flexibility index (Phi) is 5.08. The Labute approximate surface area is 181 Å². The molecule has 4 aromatic rings. The van der Waals surface area contributed by atoms with Crippen LogP contribution in [0.15, 0.2) is 73.3 Å². The standard InChI is InChI=1S/C24H24N6O/c1-18-25-13-16-29(18)23-7-2-5-21(27-23)22-6-3-15-30(22)24(31)20-10-8-19(9-11-20)17-28-14-4-12-26-28/h2,4-5,7-14,16,22H,3,6,15,17H2,1H3. The van der Waals surface area contributed by atoms with Crippen molar-refractivity contribution in [2.75, 3.05) is 6.54 Å². The summed E-state index contributed by atoms with van der Waals surface area (Å²) in [5, 5.41) is 4.24. The van der Waals surface area contributed by atoms with Crippen LogP contribution in [0.25, 0.3) is 5.82 Å². The molecule has 7 heteroatoms. The van der Waals surface area contributed by atoms with E-state index in [0.717, 1.165) is 42.3 Å². The van der Waals surface area contributed by atoms with Gasteiger partial charge in [0.2, 0.25) is 0 Å². The van der Waals surface area contributed by atoms with E-state index in [9.17, 15) is 4.79 Å². The van der Waals surface area contributed by atoms with Crippen LogP contribution in [0.1, 0.15) is 46.3 Å². The molecule has 1 unspecified atom stereocenters. The lowest BCUT2D eigenvalue weighted by molar-refractivity contribution is 0.0733. The molecule has 7 nitrogen and oxygen atoms in total. The number of aryl methyl sites for hydroxylation is 1. The summed E-state index contributed by atoms with van der Waals surface area (Å²) in [6, 6.07) is 15.7. The minimum Gasteiger partial charge on any atom is -0.330 e. The van der Waals surface area contributed by atoms with Crippen LogP contribution in [-0.2, 0) is 6.54 Å². The fourth-order valence-electron chi connectivity index (χ4n) is 4.20. The minimum atomic E-state index is -0.0139. The molecular formula is C24H24N6O. The molecule has 4 heterocycles. The molecule has 31 heavy (non-hydrogen) atoms. The Hall–Kier alpha value is -3.74. The third-order valence-electron chi connectivity index (χ3n) is 5.79. The summed E-state index contributed by atoms with van der Waals surface area (Å²) in [7, 11) is 0. The van der Waals surface area contributed by atoms with Crippen LogP contribution >= 0.6 is 0 Å². The fourth-order valence-corrected chi connectivity index (χ4v) is 4.20. The fraction of sp³-hybridized carbons (Fsp3) is 0.250. The highest BCUT2D eigenvalue weighted by Crippen LogP contribution is 2.32. The molecule has 0 bridgehead atoms. The van der Waals surface area contributed by atoms with Gasteiger partial charge < -0.3 is 4.90 Å². The zero-order valence-corrected chi connectivity index (χ0v) is 17.4. The number of hydrogen-bond acceptors (Lipinski definition) is 4. The van der Waals surface area contributed by atoms with E-state index >= 15 is 0 Å². The van der Waals surface area contributed by atoms with Gasteiger partial charge in [0.15, 0.2) is 0 Å². The van der Waals surface area contributed by atoms with Crippen LogP contribution in [0, 0.1) is 6.92 Å². The van der Waals surface area contributed by atoms with E-state index in [4.69, 9.17) is 4.98 Å². The number of aromatic nitrogens is 5. The summed E-state index contributed by atoms with van der Waals surface area (Å²) in [5.74, 6) is 1.77. The largest absolute Gasteiger partial charge is 0.330 e. The van der Waals surface area contributed by atoms with E-state index in [-0.39, 0.29) is 11.9 Å². The molecule has 0 spiro atoms. The molecule has 1 amide bonds. The number of pyridine rings is 1. The third-order valence-corrected chi connectivity index (χ3v) is 5.79. The van der Waals surface area contributed by atoms with Crippen LogP contribution in [0.2, 0.25) is 0 Å². The van der Waals surface area contributed by atoms with Crippen molar-refractivity contribution in [2.24, 2.45) is 0 Å². The van der Waals surface area contributed by atoms with Gasteiger partial charge in [-0.2, -0.15) is 5.10 Å². The van der Waals surface area contributed by atoms with Gasteiger partial charge in [-0.1, -0.05) is 18.2 Å². The van der Waals surface area contributed by atoms with Gasteiger partial charge in [-0.15, -0.1) is 0 Å². The number of rotatable bonds is 5. The van der Waals surface area contributed by atoms with Gasteiger partial charge in [-0.3, -0.25) is 14.0 Å². The first-order chi connectivity index (χ1) is 15.2. The lowest BCUT2D eigenvalue weighted by Crippen LogP contribution is -2.31. The number of imidazole rings is 1. The van der Waals surface area contributed by atoms with Gasteiger partial charge >= 0.3 is 0 Å². The predicted molar refractivity (Wildman–Crippen MR) is 117 cm³/mol. The van der Waals surface area contributed by atoms with Gasteiger partial charge in [0, 0.05) is 36.9 Å². The highest BCUT2D eigenvalue weighted by molar-refractivity contribution is 5.94. The van der Waals surface area contributed by atoms with Crippen molar-refractivity contribution in [1.82, 2.24) is 29.2 Å². The van der Waals surface area contributed by atoms with Crippen LogP contribution in [0.4, 0.5) is 0 Å². The number of hydrogen-bond donors (Lipinski definition) is 0. The van der Waals surface area contributed by atoms with Gasteiger partial charge in [0.25, 0.3) is 5.91 Å². The summed E-state index contributed by atoms with van der Waals surface area (Å²) in [4.78, 5) is 24.4. The summed E-state index contributed by atoms with van der Waals surface area (Å²) < 4.78 is 3.83. The van der Waals surface area contributed by atoms with Crippen LogP contribution < -0.4 is 0 Å². The minimum absolute atomic E-state index is 0.0139. The number of likely N-dealkylation sites (tertiary alicyclic amines) is 1. The first-order valence-corrected chi connectivity index (χ1v) is 10.5. The van der Waals surface area contributed by atoms with Crippen LogP contribution in [-0.4, -0.2) is 41.7 Å². The van der Waals surface area contributed by atoms with E-state index in [2.05, 4.69) is 10.1 Å². The topological polar surface area (TPSA) is 68.8 Å². The van der Waals surface area contributed by atoms with Crippen molar-refractivity contribution in [3.8, 4) is 5.82 Å². The van der Waals surface area contributed by atoms with Gasteiger partial charge in [0.1, 0.15) is 11.6 Å².